The van der Waals surface area contributed by atoms with E-state index in [-0.39, 0.29) is 39.6 Å². The molecule has 0 atom stereocenters. The molecule has 0 rings (SSSR count). The first-order valence-electron chi connectivity index (χ1n) is 8.83. The molecule has 172 valence electrons. The third-order valence-corrected chi connectivity index (χ3v) is 8.10. The molecule has 14 heteroatoms. The summed E-state index contributed by atoms with van der Waals surface area (Å²) in [4.78, 5) is 0. The number of halogens is 6. The fraction of sp³-hybridized carbons (Fsp3) is 1.00. The zero-order valence-electron chi connectivity index (χ0n) is 17.0. The van der Waals surface area contributed by atoms with Crippen LogP contribution >= 0.6 is 0 Å². The Morgan fingerprint density at radius 1 is 0.429 bits per heavy atom. The van der Waals surface area contributed by atoms with Crippen molar-refractivity contribution in [2.45, 2.75) is 53.1 Å². The minimum absolute atomic E-state index is 0.0776. The zero-order valence-corrected chi connectivity index (χ0v) is 19.0. The van der Waals surface area contributed by atoms with Gasteiger partial charge in [0.1, 0.15) is 0 Å². The van der Waals surface area contributed by atoms with Crippen molar-refractivity contribution in [1.82, 2.24) is 0 Å². The van der Waals surface area contributed by atoms with Crippen molar-refractivity contribution in [3.05, 3.63) is 0 Å². The molecule has 0 saturated heterocycles. The average molecular weight is 465 g/mol. The largest absolute Gasteiger partial charge is 0.616 e. The Labute approximate surface area is 164 Å². The lowest BCUT2D eigenvalue weighted by Gasteiger charge is -2.29. The Morgan fingerprint density at radius 2 is 0.571 bits per heavy atom. The van der Waals surface area contributed by atoms with Crippen LogP contribution in [0.15, 0.2) is 0 Å². The summed E-state index contributed by atoms with van der Waals surface area (Å²) in [6, 6.07) is 0. The molecule has 0 spiro atoms. The van der Waals surface area contributed by atoms with E-state index in [2.05, 4.69) is 26.6 Å². The van der Waals surface area contributed by atoms with Crippen LogP contribution in [-0.2, 0) is 26.6 Å². The van der Waals surface area contributed by atoms with Crippen LogP contribution in [0.1, 0.15) is 41.5 Å². The molecule has 0 fully saturated rings. The minimum atomic E-state index is -4.56. The predicted octanol–water partition coefficient (Wildman–Crippen LogP) is 4.27. The first kappa shape index (κ1) is 30.0. The molecule has 0 aliphatic carbocycles. The van der Waals surface area contributed by atoms with Gasteiger partial charge >= 0.3 is 29.2 Å². The highest BCUT2D eigenvalue weighted by Crippen LogP contribution is 2.32. The SMILES string of the molecule is CCO[Si](OCC)(OCC)C(F)(F)F.CCO[Si](OCC)(OCC)C(F)(F)F. The van der Waals surface area contributed by atoms with Gasteiger partial charge in [-0.15, -0.1) is 0 Å². The highest BCUT2D eigenvalue weighted by molar-refractivity contribution is 6.63. The second-order valence-corrected chi connectivity index (χ2v) is 9.80. The van der Waals surface area contributed by atoms with Crippen LogP contribution in [0.25, 0.3) is 0 Å². The van der Waals surface area contributed by atoms with Crippen molar-refractivity contribution in [2.75, 3.05) is 39.6 Å². The second kappa shape index (κ2) is 13.9. The molecule has 6 nitrogen and oxygen atoms in total. The summed E-state index contributed by atoms with van der Waals surface area (Å²) in [6.45, 7) is 8.40. The number of alkyl halides is 6. The molecule has 0 N–H and O–H groups in total. The van der Waals surface area contributed by atoms with Crippen LogP contribution in [-0.4, -0.2) is 68.8 Å². The van der Waals surface area contributed by atoms with Crippen LogP contribution < -0.4 is 0 Å². The smallest absolute Gasteiger partial charge is 0.368 e. The van der Waals surface area contributed by atoms with Crippen molar-refractivity contribution in [1.29, 1.82) is 0 Å². The number of hydrogen-bond acceptors (Lipinski definition) is 6. The van der Waals surface area contributed by atoms with Crippen molar-refractivity contribution in [3.8, 4) is 0 Å². The van der Waals surface area contributed by atoms with Gasteiger partial charge in [-0.1, -0.05) is 0 Å². The molecule has 0 bridgehead atoms. The Bertz CT molecular complexity index is 327. The maximum absolute atomic E-state index is 12.6. The van der Waals surface area contributed by atoms with E-state index in [4.69, 9.17) is 0 Å². The van der Waals surface area contributed by atoms with Crippen molar-refractivity contribution >= 4 is 17.6 Å². The van der Waals surface area contributed by atoms with E-state index in [0.29, 0.717) is 0 Å². The molecular formula is C14H30F6O6Si2. The molecule has 0 aromatic heterocycles. The third-order valence-electron chi connectivity index (χ3n) is 2.70. The topological polar surface area (TPSA) is 55.4 Å². The van der Waals surface area contributed by atoms with E-state index in [1.807, 2.05) is 0 Å². The first-order chi connectivity index (χ1) is 12.9. The molecule has 0 heterocycles. The summed E-state index contributed by atoms with van der Waals surface area (Å²) in [5.41, 5.74) is 0. The van der Waals surface area contributed by atoms with E-state index in [9.17, 15) is 26.3 Å². The summed E-state index contributed by atoms with van der Waals surface area (Å²) in [6.07, 6.45) is 0. The van der Waals surface area contributed by atoms with Gasteiger partial charge in [-0.3, -0.25) is 0 Å². The van der Waals surface area contributed by atoms with Gasteiger partial charge in [0.05, 0.1) is 0 Å². The van der Waals surface area contributed by atoms with E-state index >= 15 is 0 Å². The lowest BCUT2D eigenvalue weighted by atomic mass is 10.9. The highest BCUT2D eigenvalue weighted by atomic mass is 28.4. The fourth-order valence-electron chi connectivity index (χ4n) is 1.88. The normalized spacial score (nSPS) is 13.3. The Kier molecular flexibility index (Phi) is 14.9. The van der Waals surface area contributed by atoms with E-state index in [0.717, 1.165) is 0 Å². The first-order valence-corrected chi connectivity index (χ1v) is 12.3. The summed E-state index contributed by atoms with van der Waals surface area (Å²) < 4.78 is 104. The minimum Gasteiger partial charge on any atom is -0.368 e. The molecule has 0 saturated carbocycles. The van der Waals surface area contributed by atoms with E-state index < -0.39 is 29.2 Å². The van der Waals surface area contributed by atoms with Gasteiger partial charge in [0.25, 0.3) is 0 Å². The number of hydrogen-bond donors (Lipinski definition) is 0. The van der Waals surface area contributed by atoms with Gasteiger partial charge in [-0.05, 0) is 41.5 Å². The molecule has 0 aromatic carbocycles. The van der Waals surface area contributed by atoms with Gasteiger partial charge in [0.15, 0.2) is 0 Å². The van der Waals surface area contributed by atoms with Gasteiger partial charge in [0, 0.05) is 39.6 Å². The standard InChI is InChI=1S/2C7H15F3O3Si/c2*1-4-11-14(12-5-2,13-6-3)7(8,9)10/h2*4-6H2,1-3H3. The van der Waals surface area contributed by atoms with Crippen LogP contribution in [0.5, 0.6) is 0 Å². The number of rotatable bonds is 12. The Balaban J connectivity index is 0. The quantitative estimate of drug-likeness (QED) is 0.318. The summed E-state index contributed by atoms with van der Waals surface area (Å²) in [7, 11) is -8.99. The Morgan fingerprint density at radius 3 is 0.643 bits per heavy atom. The van der Waals surface area contributed by atoms with Crippen molar-refractivity contribution in [2.24, 2.45) is 0 Å². The lowest BCUT2D eigenvalue weighted by Crippen LogP contribution is -2.59. The third kappa shape index (κ3) is 9.06. The van der Waals surface area contributed by atoms with Crippen LogP contribution in [0.2, 0.25) is 0 Å². The molecule has 0 amide bonds. The maximum Gasteiger partial charge on any atom is 0.616 e. The monoisotopic (exact) mass is 464 g/mol. The summed E-state index contributed by atoms with van der Waals surface area (Å²) in [5.74, 6) is -9.12. The van der Waals surface area contributed by atoms with Gasteiger partial charge < -0.3 is 26.6 Å². The van der Waals surface area contributed by atoms with E-state index in [1.54, 1.807) is 0 Å². The average Bonchev–Trinajstić information content (AvgIpc) is 2.54. The van der Waals surface area contributed by atoms with Gasteiger partial charge in [-0.2, -0.15) is 26.3 Å². The molecule has 0 aliphatic heterocycles. The molecule has 0 aromatic rings. The molecule has 0 unspecified atom stereocenters. The molecule has 0 radical (unpaired) electrons. The highest BCUT2D eigenvalue weighted by Gasteiger charge is 2.67. The van der Waals surface area contributed by atoms with Crippen LogP contribution in [0.3, 0.4) is 0 Å². The lowest BCUT2D eigenvalue weighted by molar-refractivity contribution is -0.133. The Hall–Kier alpha value is -0.226. The van der Waals surface area contributed by atoms with Gasteiger partial charge in [-0.25, -0.2) is 0 Å². The van der Waals surface area contributed by atoms with Crippen LogP contribution in [0, 0.1) is 0 Å². The molecular weight excluding hydrogens is 434 g/mol. The summed E-state index contributed by atoms with van der Waals surface area (Å²) in [5, 5.41) is 0. The van der Waals surface area contributed by atoms with Crippen molar-refractivity contribution in [3.63, 3.8) is 0 Å². The predicted molar refractivity (Wildman–Crippen MR) is 93.4 cm³/mol. The van der Waals surface area contributed by atoms with Crippen LogP contribution in [0.4, 0.5) is 26.3 Å². The molecule has 28 heavy (non-hydrogen) atoms. The van der Waals surface area contributed by atoms with Gasteiger partial charge in [0.2, 0.25) is 0 Å². The zero-order chi connectivity index (χ0) is 22.5. The summed E-state index contributed by atoms with van der Waals surface area (Å²) >= 11 is 0. The maximum atomic E-state index is 12.6. The van der Waals surface area contributed by atoms with E-state index in [1.165, 1.54) is 41.5 Å². The second-order valence-electron chi connectivity index (χ2n) is 4.71. The molecule has 0 aliphatic rings. The van der Waals surface area contributed by atoms with Crippen molar-refractivity contribution < 1.29 is 52.9 Å². The fourth-order valence-corrected chi connectivity index (χ4v) is 5.64.